The minimum absolute atomic E-state index is 0. The van der Waals surface area contributed by atoms with Crippen molar-refractivity contribution < 1.29 is 10.2 Å². The number of nitrogen functional groups attached to an aromatic ring is 2. The van der Waals surface area contributed by atoms with Gasteiger partial charge in [0.25, 0.3) is 0 Å². The minimum atomic E-state index is -0.144. The highest BCUT2D eigenvalue weighted by molar-refractivity contribution is 5.85. The van der Waals surface area contributed by atoms with Crippen molar-refractivity contribution in [2.45, 2.75) is 38.6 Å². The van der Waals surface area contributed by atoms with Crippen LogP contribution in [0.1, 0.15) is 33.1 Å². The lowest BCUT2D eigenvalue weighted by Crippen LogP contribution is -2.39. The quantitative estimate of drug-likeness (QED) is 0.691. The van der Waals surface area contributed by atoms with E-state index in [1.165, 1.54) is 0 Å². The Bertz CT molecular complexity index is 371. The largest absolute Gasteiger partial charge is 0.491 e. The highest BCUT2D eigenvalue weighted by Gasteiger charge is 2.19. The molecule has 0 heterocycles. The minimum Gasteiger partial charge on any atom is -0.491 e. The van der Waals surface area contributed by atoms with Gasteiger partial charge in [0.2, 0.25) is 0 Å². The van der Waals surface area contributed by atoms with Gasteiger partial charge in [-0.25, -0.2) is 0 Å². The molecule has 1 aromatic rings. The lowest BCUT2D eigenvalue weighted by atomic mass is 9.91. The number of hydrogen-bond donors (Lipinski definition) is 3. The molecule has 0 spiro atoms. The first-order valence-electron chi connectivity index (χ1n) is 6.07. The van der Waals surface area contributed by atoms with Crippen molar-refractivity contribution in [1.82, 2.24) is 0 Å². The summed E-state index contributed by atoms with van der Waals surface area (Å²) < 4.78 is 5.63. The lowest BCUT2D eigenvalue weighted by molar-refractivity contribution is 0.248. The summed E-state index contributed by atoms with van der Waals surface area (Å²) in [6, 6.07) is 5.25. The topological polar surface area (TPSA) is 119 Å². The van der Waals surface area contributed by atoms with E-state index >= 15 is 0 Å². The molecule has 0 saturated carbocycles. The molecule has 5 nitrogen and oxygen atoms in total. The fourth-order valence-corrected chi connectivity index (χ4v) is 1.64. The second kappa shape index (κ2) is 8.85. The highest BCUT2D eigenvalue weighted by atomic mass is 35.5. The molecule has 1 aromatic carbocycles. The van der Waals surface area contributed by atoms with Crippen LogP contribution in [0.5, 0.6) is 5.75 Å². The average Bonchev–Trinajstić information content (AvgIpc) is 2.33. The third-order valence-corrected chi connectivity index (χ3v) is 3.30. The molecule has 112 valence electrons. The molecular formula is C13H26ClN3O2. The summed E-state index contributed by atoms with van der Waals surface area (Å²) in [5.41, 5.74) is 18.8. The molecule has 0 radical (unpaired) electrons. The normalized spacial score (nSPS) is 10.3. The van der Waals surface area contributed by atoms with E-state index in [1.807, 2.05) is 0 Å². The summed E-state index contributed by atoms with van der Waals surface area (Å²) in [5, 5.41) is 0. The van der Waals surface area contributed by atoms with Crippen LogP contribution in [0, 0.1) is 0 Å². The van der Waals surface area contributed by atoms with Crippen LogP contribution in [0.4, 0.5) is 11.4 Å². The van der Waals surface area contributed by atoms with Gasteiger partial charge in [-0.3, -0.25) is 0 Å². The maximum atomic E-state index is 6.19. The van der Waals surface area contributed by atoms with E-state index in [0.717, 1.165) is 19.3 Å². The van der Waals surface area contributed by atoms with E-state index in [0.29, 0.717) is 23.7 Å². The Hall–Kier alpha value is -1.17. The molecule has 1 rings (SSSR count). The van der Waals surface area contributed by atoms with Crippen LogP contribution in [0.15, 0.2) is 18.2 Å². The standard InChI is InChI=1S/C13H23N3O.ClH.H2O/c1-3-13(16,4-2)7-8-17-12-9-10(14)5-6-11(12)15;;/h5-6,9H,3-4,7-8,14-16H2,1-2H3;1H;1H2. The summed E-state index contributed by atoms with van der Waals surface area (Å²) in [6.07, 6.45) is 2.70. The van der Waals surface area contributed by atoms with Gasteiger partial charge in [0.05, 0.1) is 12.3 Å². The van der Waals surface area contributed by atoms with E-state index in [-0.39, 0.29) is 23.4 Å². The first kappa shape index (κ1) is 20.2. The Morgan fingerprint density at radius 1 is 1.16 bits per heavy atom. The molecule has 0 unspecified atom stereocenters. The van der Waals surface area contributed by atoms with Gasteiger partial charge in [-0.2, -0.15) is 0 Å². The van der Waals surface area contributed by atoms with Crippen molar-refractivity contribution in [3.05, 3.63) is 18.2 Å². The second-order valence-electron chi connectivity index (χ2n) is 4.47. The van der Waals surface area contributed by atoms with Crippen molar-refractivity contribution in [2.24, 2.45) is 5.73 Å². The number of nitrogens with two attached hydrogens (primary N) is 3. The molecule has 0 aliphatic heterocycles. The molecule has 0 atom stereocenters. The van der Waals surface area contributed by atoms with Crippen LogP contribution >= 0.6 is 12.4 Å². The molecule has 0 aromatic heterocycles. The zero-order chi connectivity index (χ0) is 12.9. The third kappa shape index (κ3) is 6.00. The van der Waals surface area contributed by atoms with Crippen LogP contribution in [-0.4, -0.2) is 17.6 Å². The van der Waals surface area contributed by atoms with Crippen LogP contribution < -0.4 is 21.9 Å². The van der Waals surface area contributed by atoms with Crippen LogP contribution in [0.25, 0.3) is 0 Å². The Balaban J connectivity index is 0. The van der Waals surface area contributed by atoms with Crippen molar-refractivity contribution in [2.75, 3.05) is 18.1 Å². The third-order valence-electron chi connectivity index (χ3n) is 3.30. The molecule has 6 heteroatoms. The van der Waals surface area contributed by atoms with Gasteiger partial charge in [0, 0.05) is 17.3 Å². The Kier molecular flexibility index (Phi) is 9.39. The maximum absolute atomic E-state index is 6.19. The maximum Gasteiger partial charge on any atom is 0.144 e. The van der Waals surface area contributed by atoms with E-state index in [1.54, 1.807) is 18.2 Å². The predicted molar refractivity (Wildman–Crippen MR) is 83.7 cm³/mol. The summed E-state index contributed by atoms with van der Waals surface area (Å²) in [4.78, 5) is 0. The van der Waals surface area contributed by atoms with E-state index in [4.69, 9.17) is 21.9 Å². The zero-order valence-electron chi connectivity index (χ0n) is 11.6. The molecule has 0 bridgehead atoms. The van der Waals surface area contributed by atoms with Gasteiger partial charge >= 0.3 is 0 Å². The summed E-state index contributed by atoms with van der Waals surface area (Å²) >= 11 is 0. The van der Waals surface area contributed by atoms with Gasteiger partial charge in [-0.1, -0.05) is 13.8 Å². The van der Waals surface area contributed by atoms with Crippen molar-refractivity contribution >= 4 is 23.8 Å². The number of anilines is 2. The van der Waals surface area contributed by atoms with Gasteiger partial charge in [-0.05, 0) is 31.4 Å². The van der Waals surface area contributed by atoms with Gasteiger partial charge in [-0.15, -0.1) is 12.4 Å². The smallest absolute Gasteiger partial charge is 0.144 e. The molecule has 0 amide bonds. The molecular weight excluding hydrogens is 266 g/mol. The monoisotopic (exact) mass is 291 g/mol. The Labute approximate surface area is 121 Å². The molecule has 0 aliphatic rings. The highest BCUT2D eigenvalue weighted by Crippen LogP contribution is 2.25. The first-order valence-corrected chi connectivity index (χ1v) is 6.07. The molecule has 0 saturated heterocycles. The van der Waals surface area contributed by atoms with Crippen LogP contribution in [0.2, 0.25) is 0 Å². The number of ether oxygens (including phenoxy) is 1. The zero-order valence-corrected chi connectivity index (χ0v) is 12.4. The average molecular weight is 292 g/mol. The number of rotatable bonds is 6. The number of benzene rings is 1. The first-order chi connectivity index (χ1) is 8.00. The van der Waals surface area contributed by atoms with Gasteiger partial charge in [0.15, 0.2) is 0 Å². The van der Waals surface area contributed by atoms with Gasteiger partial charge in [0.1, 0.15) is 5.75 Å². The SMILES string of the molecule is CCC(N)(CC)CCOc1cc(N)ccc1N.Cl.O. The van der Waals surface area contributed by atoms with Gasteiger partial charge < -0.3 is 27.4 Å². The fourth-order valence-electron chi connectivity index (χ4n) is 1.64. The van der Waals surface area contributed by atoms with Crippen molar-refractivity contribution in [3.63, 3.8) is 0 Å². The van der Waals surface area contributed by atoms with E-state index in [9.17, 15) is 0 Å². The lowest BCUT2D eigenvalue weighted by Gasteiger charge is -2.26. The Morgan fingerprint density at radius 3 is 2.26 bits per heavy atom. The second-order valence-corrected chi connectivity index (χ2v) is 4.47. The number of hydrogen-bond acceptors (Lipinski definition) is 4. The van der Waals surface area contributed by atoms with E-state index in [2.05, 4.69) is 13.8 Å². The fraction of sp³-hybridized carbons (Fsp3) is 0.538. The molecule has 19 heavy (non-hydrogen) atoms. The predicted octanol–water partition coefficient (Wildman–Crippen LogP) is 1.73. The van der Waals surface area contributed by atoms with Crippen molar-refractivity contribution in [3.8, 4) is 5.75 Å². The van der Waals surface area contributed by atoms with E-state index < -0.39 is 0 Å². The summed E-state index contributed by atoms with van der Waals surface area (Å²) in [6.45, 7) is 4.75. The van der Waals surface area contributed by atoms with Crippen LogP contribution in [0.3, 0.4) is 0 Å². The van der Waals surface area contributed by atoms with Crippen LogP contribution in [-0.2, 0) is 0 Å². The summed E-state index contributed by atoms with van der Waals surface area (Å²) in [7, 11) is 0. The summed E-state index contributed by atoms with van der Waals surface area (Å²) in [5.74, 6) is 0.638. The Morgan fingerprint density at radius 2 is 1.74 bits per heavy atom. The van der Waals surface area contributed by atoms with Crippen molar-refractivity contribution in [1.29, 1.82) is 0 Å². The molecule has 8 N–H and O–H groups in total. The number of halogens is 1. The molecule has 0 aliphatic carbocycles. The molecule has 0 fully saturated rings.